The van der Waals surface area contributed by atoms with Crippen LogP contribution in [0.1, 0.15) is 6.92 Å². The van der Waals surface area contributed by atoms with Gasteiger partial charge in [-0.05, 0) is 18.7 Å². The summed E-state index contributed by atoms with van der Waals surface area (Å²) in [6.07, 6.45) is 1.29. The Labute approximate surface area is 129 Å². The fraction of sp³-hybridized carbons (Fsp3) is 0.400. The zero-order valence-corrected chi connectivity index (χ0v) is 13.2. The lowest BCUT2D eigenvalue weighted by Gasteiger charge is -2.05. The Morgan fingerprint density at radius 1 is 1.43 bits per heavy atom. The van der Waals surface area contributed by atoms with Gasteiger partial charge in [0, 0.05) is 20.6 Å². The van der Waals surface area contributed by atoms with E-state index in [9.17, 15) is 10.1 Å². The average Bonchev–Trinajstić information content (AvgIpc) is 2.87. The lowest BCUT2D eigenvalue weighted by atomic mass is 10.5. The molecule has 9 nitrogen and oxygen atoms in total. The number of nitrogens with one attached hydrogen (secondary N) is 1. The molecule has 0 atom stereocenters. The molecule has 0 bridgehead atoms. The van der Waals surface area contributed by atoms with Gasteiger partial charge in [0.05, 0.1) is 4.92 Å². The summed E-state index contributed by atoms with van der Waals surface area (Å²) in [4.78, 5) is 20.5. The van der Waals surface area contributed by atoms with Crippen LogP contribution in [0.2, 0.25) is 0 Å². The summed E-state index contributed by atoms with van der Waals surface area (Å²) in [5, 5.41) is 23.1. The monoisotopic (exact) mass is 327 g/mol. The van der Waals surface area contributed by atoms with Gasteiger partial charge in [0.25, 0.3) is 0 Å². The molecule has 0 aliphatic heterocycles. The van der Waals surface area contributed by atoms with Gasteiger partial charge in [-0.3, -0.25) is 10.1 Å². The Morgan fingerprint density at radius 3 is 2.76 bits per heavy atom. The summed E-state index contributed by atoms with van der Waals surface area (Å²) < 4.78 is 0.586. The molecule has 0 aromatic carbocycles. The smallest absolute Gasteiger partial charge is 0.343 e. The molecule has 2 heterocycles. The van der Waals surface area contributed by atoms with Crippen molar-refractivity contribution in [3.63, 3.8) is 0 Å². The van der Waals surface area contributed by atoms with Crippen molar-refractivity contribution in [2.24, 2.45) is 0 Å². The van der Waals surface area contributed by atoms with Crippen LogP contribution in [0, 0.1) is 10.1 Å². The predicted molar refractivity (Wildman–Crippen MR) is 81.2 cm³/mol. The Morgan fingerprint density at radius 2 is 2.19 bits per heavy atom. The van der Waals surface area contributed by atoms with Crippen molar-refractivity contribution in [1.82, 2.24) is 20.2 Å². The van der Waals surface area contributed by atoms with Gasteiger partial charge in [-0.2, -0.15) is 0 Å². The number of nitrogens with zero attached hydrogens (tertiary/aromatic N) is 6. The van der Waals surface area contributed by atoms with Crippen LogP contribution in [-0.4, -0.2) is 45.7 Å². The number of hydrogen-bond acceptors (Lipinski definition) is 10. The second-order valence-corrected chi connectivity index (χ2v) is 6.20. The Hall–Kier alpha value is -2.01. The van der Waals surface area contributed by atoms with Crippen molar-refractivity contribution in [2.45, 2.75) is 16.3 Å². The molecule has 0 unspecified atom stereocenters. The van der Waals surface area contributed by atoms with Crippen molar-refractivity contribution < 1.29 is 4.92 Å². The molecule has 0 radical (unpaired) electrons. The van der Waals surface area contributed by atoms with Crippen molar-refractivity contribution in [1.29, 1.82) is 0 Å². The third kappa shape index (κ3) is 3.55. The first kappa shape index (κ1) is 15.4. The first-order valence-corrected chi connectivity index (χ1v) is 7.58. The quantitative estimate of drug-likeness (QED) is 0.483. The molecule has 0 saturated carbocycles. The molecule has 112 valence electrons. The summed E-state index contributed by atoms with van der Waals surface area (Å²) >= 11 is 2.44. The largest absolute Gasteiger partial charge is 0.364 e. The van der Waals surface area contributed by atoms with Crippen LogP contribution in [0.15, 0.2) is 15.7 Å². The van der Waals surface area contributed by atoms with E-state index in [1.807, 2.05) is 25.9 Å². The van der Waals surface area contributed by atoms with Crippen LogP contribution in [0.25, 0.3) is 0 Å². The second-order valence-electron chi connectivity index (χ2n) is 4.01. The molecule has 0 spiro atoms. The van der Waals surface area contributed by atoms with Crippen molar-refractivity contribution in [3.8, 4) is 0 Å². The van der Waals surface area contributed by atoms with Crippen LogP contribution in [-0.2, 0) is 0 Å². The van der Waals surface area contributed by atoms with Gasteiger partial charge in [0.2, 0.25) is 10.9 Å². The Bertz CT molecular complexity index is 646. The van der Waals surface area contributed by atoms with E-state index in [1.165, 1.54) is 17.7 Å². The number of anilines is 2. The summed E-state index contributed by atoms with van der Waals surface area (Å²) in [6, 6.07) is 0. The highest BCUT2D eigenvalue weighted by Gasteiger charge is 2.24. The topological polar surface area (TPSA) is 110 Å². The molecule has 0 aliphatic carbocycles. The van der Waals surface area contributed by atoms with Crippen LogP contribution >= 0.6 is 23.1 Å². The summed E-state index contributed by atoms with van der Waals surface area (Å²) in [5.74, 6) is 0.206. The molecule has 2 aromatic rings. The first-order valence-electron chi connectivity index (χ1n) is 5.94. The van der Waals surface area contributed by atoms with Gasteiger partial charge in [-0.1, -0.05) is 11.3 Å². The number of nitro groups is 1. The van der Waals surface area contributed by atoms with Gasteiger partial charge in [0.1, 0.15) is 6.33 Å². The first-order chi connectivity index (χ1) is 10.0. The van der Waals surface area contributed by atoms with E-state index >= 15 is 0 Å². The minimum atomic E-state index is -0.492. The van der Waals surface area contributed by atoms with E-state index in [0.29, 0.717) is 10.9 Å². The Kier molecular flexibility index (Phi) is 4.85. The maximum Gasteiger partial charge on any atom is 0.343 e. The van der Waals surface area contributed by atoms with Gasteiger partial charge < -0.3 is 10.2 Å². The molecule has 0 amide bonds. The van der Waals surface area contributed by atoms with E-state index in [1.54, 1.807) is 0 Å². The Balaban J connectivity index is 2.34. The van der Waals surface area contributed by atoms with Crippen LogP contribution in [0.4, 0.5) is 16.6 Å². The number of aromatic nitrogens is 4. The lowest BCUT2D eigenvalue weighted by Crippen LogP contribution is -2.07. The molecule has 0 saturated heterocycles. The van der Waals surface area contributed by atoms with E-state index in [2.05, 4.69) is 25.5 Å². The molecule has 1 N–H and O–H groups in total. The number of hydrogen-bond donors (Lipinski definition) is 1. The molecule has 0 aliphatic rings. The van der Waals surface area contributed by atoms with Gasteiger partial charge in [-0.15, -0.1) is 10.2 Å². The predicted octanol–water partition coefficient (Wildman–Crippen LogP) is 1.89. The van der Waals surface area contributed by atoms with E-state index in [-0.39, 0.29) is 16.5 Å². The maximum atomic E-state index is 11.3. The van der Waals surface area contributed by atoms with Crippen molar-refractivity contribution >= 4 is 39.7 Å². The fourth-order valence-electron chi connectivity index (χ4n) is 1.41. The van der Waals surface area contributed by atoms with E-state index < -0.39 is 4.92 Å². The lowest BCUT2D eigenvalue weighted by molar-refractivity contribution is -0.387. The normalized spacial score (nSPS) is 10.4. The molecule has 0 fully saturated rings. The second kappa shape index (κ2) is 6.63. The summed E-state index contributed by atoms with van der Waals surface area (Å²) in [6.45, 7) is 2.37. The number of rotatable bonds is 6. The molecule has 21 heavy (non-hydrogen) atoms. The fourth-order valence-corrected chi connectivity index (χ4v) is 3.15. The molecule has 2 rings (SSSR count). The summed E-state index contributed by atoms with van der Waals surface area (Å²) in [5.41, 5.74) is -0.147. The minimum Gasteiger partial charge on any atom is -0.364 e. The zero-order valence-electron chi connectivity index (χ0n) is 11.6. The van der Waals surface area contributed by atoms with Gasteiger partial charge in [0.15, 0.2) is 9.37 Å². The van der Waals surface area contributed by atoms with E-state index in [4.69, 9.17) is 0 Å². The zero-order chi connectivity index (χ0) is 15.4. The molecule has 11 heteroatoms. The third-order valence-corrected chi connectivity index (χ3v) is 4.41. The van der Waals surface area contributed by atoms with Crippen LogP contribution in [0.3, 0.4) is 0 Å². The molecular formula is C10H13N7O2S2. The highest BCUT2D eigenvalue weighted by Crippen LogP contribution is 2.38. The standard InChI is InChI=1S/C10H13N7O2S2/c1-4-11-7-6(17(18)19)8(13-5-12-7)20-10-15-14-9(21-10)16(2)3/h5H,4H2,1-3H3,(H,11,12,13). The van der Waals surface area contributed by atoms with E-state index in [0.717, 1.165) is 16.9 Å². The molecule has 2 aromatic heterocycles. The van der Waals surface area contributed by atoms with Gasteiger partial charge in [-0.25, -0.2) is 9.97 Å². The van der Waals surface area contributed by atoms with Crippen LogP contribution in [0.5, 0.6) is 0 Å². The SMILES string of the molecule is CCNc1ncnc(Sc2nnc(N(C)C)s2)c1[N+](=O)[O-]. The highest BCUT2D eigenvalue weighted by molar-refractivity contribution is 8.01. The highest BCUT2D eigenvalue weighted by atomic mass is 32.2. The molecular weight excluding hydrogens is 314 g/mol. The minimum absolute atomic E-state index is 0.147. The maximum absolute atomic E-state index is 11.3. The van der Waals surface area contributed by atoms with Crippen LogP contribution < -0.4 is 10.2 Å². The third-order valence-electron chi connectivity index (χ3n) is 2.28. The van der Waals surface area contributed by atoms with Crippen molar-refractivity contribution in [2.75, 3.05) is 30.9 Å². The summed E-state index contributed by atoms with van der Waals surface area (Å²) in [7, 11) is 3.71. The van der Waals surface area contributed by atoms with Gasteiger partial charge >= 0.3 is 5.69 Å². The van der Waals surface area contributed by atoms with Crippen molar-refractivity contribution in [3.05, 3.63) is 16.4 Å². The average molecular weight is 327 g/mol.